The molecule has 144 valence electrons. The predicted octanol–water partition coefficient (Wildman–Crippen LogP) is 1.09. The first-order chi connectivity index (χ1) is 13.6. The number of morpholine rings is 1. The molecule has 0 spiro atoms. The number of fused-ring (bicyclic) bond motifs is 3. The summed E-state index contributed by atoms with van der Waals surface area (Å²) in [6.07, 6.45) is 2.67. The fourth-order valence-corrected chi connectivity index (χ4v) is 4.06. The van der Waals surface area contributed by atoms with Gasteiger partial charge in [0.15, 0.2) is 23.2 Å². The molecule has 5 rings (SSSR count). The fraction of sp³-hybridized carbons (Fsp3) is 0.368. The molecule has 2 aliphatic heterocycles. The van der Waals surface area contributed by atoms with Gasteiger partial charge in [0.1, 0.15) is 18.0 Å². The van der Waals surface area contributed by atoms with Crippen LogP contribution >= 0.6 is 0 Å². The van der Waals surface area contributed by atoms with Crippen LogP contribution in [-0.4, -0.2) is 54.8 Å². The molecule has 1 amide bonds. The van der Waals surface area contributed by atoms with Crippen molar-refractivity contribution in [1.29, 1.82) is 0 Å². The van der Waals surface area contributed by atoms with Crippen LogP contribution in [0.25, 0.3) is 11.2 Å². The van der Waals surface area contributed by atoms with Gasteiger partial charge in [0.2, 0.25) is 0 Å². The van der Waals surface area contributed by atoms with Gasteiger partial charge in [-0.2, -0.15) is 0 Å². The molecular weight excluding hydrogens is 360 g/mol. The molecular formula is C19H20N6O3. The number of hydrogen-bond donors (Lipinski definition) is 3. The molecule has 0 radical (unpaired) electrons. The number of rotatable bonds is 4. The van der Waals surface area contributed by atoms with E-state index in [4.69, 9.17) is 4.74 Å². The minimum Gasteiger partial charge on any atom is -0.388 e. The molecule has 0 unspecified atom stereocenters. The zero-order valence-corrected chi connectivity index (χ0v) is 15.2. The van der Waals surface area contributed by atoms with Crippen LogP contribution in [0.15, 0.2) is 43.0 Å². The number of nitrogens with one attached hydrogen (secondary N) is 2. The Kier molecular flexibility index (Phi) is 3.90. The molecule has 3 aromatic rings. The van der Waals surface area contributed by atoms with Crippen molar-refractivity contribution < 1.29 is 14.6 Å². The summed E-state index contributed by atoms with van der Waals surface area (Å²) in [6, 6.07) is 8.66. The third-order valence-electron chi connectivity index (χ3n) is 5.68. The predicted molar refractivity (Wildman–Crippen MR) is 101 cm³/mol. The number of aromatic nitrogens is 4. The Morgan fingerprint density at radius 2 is 2.18 bits per heavy atom. The maximum Gasteiger partial charge on any atom is 0.256 e. The van der Waals surface area contributed by atoms with E-state index in [1.54, 1.807) is 35.2 Å². The first kappa shape index (κ1) is 17.2. The van der Waals surface area contributed by atoms with Crippen molar-refractivity contribution in [2.75, 3.05) is 11.9 Å². The number of amides is 1. The first-order valence-corrected chi connectivity index (χ1v) is 9.26. The van der Waals surface area contributed by atoms with E-state index in [1.165, 1.54) is 6.33 Å². The zero-order valence-electron chi connectivity index (χ0n) is 15.2. The van der Waals surface area contributed by atoms with E-state index >= 15 is 0 Å². The molecule has 9 nitrogen and oxygen atoms in total. The fourth-order valence-electron chi connectivity index (χ4n) is 4.06. The Hall–Kier alpha value is -2.88. The van der Waals surface area contributed by atoms with Gasteiger partial charge in [0.25, 0.3) is 5.91 Å². The highest BCUT2D eigenvalue weighted by Gasteiger charge is 2.59. The molecule has 4 heterocycles. The van der Waals surface area contributed by atoms with Crippen molar-refractivity contribution >= 4 is 22.9 Å². The van der Waals surface area contributed by atoms with Crippen molar-refractivity contribution in [1.82, 2.24) is 24.8 Å². The smallest absolute Gasteiger partial charge is 0.256 e. The standard InChI is InChI=1S/C19H20N6O3/c1-2-19-8-20-12(14(19)26)18(28-19)25-10-23-13-15(21-9-22-16(13)25)24-17(27)11-6-4-3-5-7-11/h3-7,9-10,12,14,18,20,26H,2,8H2,1H3,(H,21,22,24,27)/t12-,14+,18-,19+/m1/s1. The molecule has 9 heteroatoms. The second-order valence-corrected chi connectivity index (χ2v) is 7.14. The van der Waals surface area contributed by atoms with Crippen LogP contribution in [0.4, 0.5) is 5.82 Å². The maximum atomic E-state index is 12.5. The molecule has 0 saturated carbocycles. The van der Waals surface area contributed by atoms with Crippen LogP contribution in [0.2, 0.25) is 0 Å². The SMILES string of the molecule is CC[C@@]12CN[C@@H]([C@H](n3cnc4c(NC(=O)c5ccccc5)ncnc43)O1)[C@@H]2O. The molecule has 2 fully saturated rings. The molecule has 2 aromatic heterocycles. The Labute approximate surface area is 160 Å². The summed E-state index contributed by atoms with van der Waals surface area (Å²) < 4.78 is 8.00. The zero-order chi connectivity index (χ0) is 19.3. The van der Waals surface area contributed by atoms with Crippen molar-refractivity contribution in [3.63, 3.8) is 0 Å². The van der Waals surface area contributed by atoms with Gasteiger partial charge in [-0.25, -0.2) is 15.0 Å². The van der Waals surface area contributed by atoms with Gasteiger partial charge < -0.3 is 20.5 Å². The molecule has 2 saturated heterocycles. The van der Waals surface area contributed by atoms with Crippen molar-refractivity contribution in [2.45, 2.75) is 37.3 Å². The number of hydrogen-bond acceptors (Lipinski definition) is 7. The lowest BCUT2D eigenvalue weighted by Gasteiger charge is -2.30. The van der Waals surface area contributed by atoms with Gasteiger partial charge in [-0.05, 0) is 18.6 Å². The summed E-state index contributed by atoms with van der Waals surface area (Å²) in [4.78, 5) is 25.4. The molecule has 2 aliphatic rings. The van der Waals surface area contributed by atoms with E-state index in [0.29, 0.717) is 35.5 Å². The second kappa shape index (κ2) is 6.33. The van der Waals surface area contributed by atoms with E-state index in [9.17, 15) is 9.90 Å². The highest BCUT2D eigenvalue weighted by molar-refractivity contribution is 6.06. The van der Waals surface area contributed by atoms with E-state index in [0.717, 1.165) is 0 Å². The minimum absolute atomic E-state index is 0.241. The lowest BCUT2D eigenvalue weighted by Crippen LogP contribution is -2.42. The first-order valence-electron chi connectivity index (χ1n) is 9.26. The number of anilines is 1. The van der Waals surface area contributed by atoms with Crippen molar-refractivity contribution in [3.05, 3.63) is 48.5 Å². The number of benzene rings is 1. The third-order valence-corrected chi connectivity index (χ3v) is 5.68. The number of imidazole rings is 1. The van der Waals surface area contributed by atoms with Gasteiger partial charge in [0, 0.05) is 12.1 Å². The Balaban J connectivity index is 1.48. The summed E-state index contributed by atoms with van der Waals surface area (Å²) >= 11 is 0. The number of ether oxygens (including phenoxy) is 1. The topological polar surface area (TPSA) is 114 Å². The molecule has 2 bridgehead atoms. The second-order valence-electron chi connectivity index (χ2n) is 7.14. The van der Waals surface area contributed by atoms with Gasteiger partial charge in [-0.3, -0.25) is 9.36 Å². The Bertz CT molecular complexity index is 1040. The molecule has 3 N–H and O–H groups in total. The normalized spacial score (nSPS) is 28.7. The average Bonchev–Trinajstić information content (AvgIpc) is 3.39. The number of carbonyl (C=O) groups is 1. The van der Waals surface area contributed by atoms with Crippen LogP contribution in [0.5, 0.6) is 0 Å². The molecule has 28 heavy (non-hydrogen) atoms. The van der Waals surface area contributed by atoms with Gasteiger partial charge in [-0.15, -0.1) is 0 Å². The number of carbonyl (C=O) groups excluding carboxylic acids is 1. The van der Waals surface area contributed by atoms with Crippen LogP contribution in [-0.2, 0) is 4.74 Å². The van der Waals surface area contributed by atoms with E-state index in [2.05, 4.69) is 25.6 Å². The van der Waals surface area contributed by atoms with Crippen molar-refractivity contribution in [3.8, 4) is 0 Å². The van der Waals surface area contributed by atoms with E-state index in [1.807, 2.05) is 13.0 Å². The largest absolute Gasteiger partial charge is 0.388 e. The van der Waals surface area contributed by atoms with Crippen molar-refractivity contribution in [2.24, 2.45) is 0 Å². The lowest BCUT2D eigenvalue weighted by molar-refractivity contribution is -0.109. The van der Waals surface area contributed by atoms with Gasteiger partial charge in [0.05, 0.1) is 12.4 Å². The van der Waals surface area contributed by atoms with Crippen LogP contribution < -0.4 is 10.6 Å². The number of aliphatic hydroxyl groups is 1. The average molecular weight is 380 g/mol. The monoisotopic (exact) mass is 380 g/mol. The van der Waals surface area contributed by atoms with Crippen LogP contribution in [0, 0.1) is 0 Å². The van der Waals surface area contributed by atoms with E-state index in [-0.39, 0.29) is 11.9 Å². The Morgan fingerprint density at radius 3 is 2.93 bits per heavy atom. The molecule has 0 aliphatic carbocycles. The summed E-state index contributed by atoms with van der Waals surface area (Å²) in [5, 5.41) is 16.7. The Morgan fingerprint density at radius 1 is 1.36 bits per heavy atom. The lowest BCUT2D eigenvalue weighted by atomic mass is 9.96. The highest BCUT2D eigenvalue weighted by Crippen LogP contribution is 2.44. The molecule has 4 atom stereocenters. The molecule has 1 aromatic carbocycles. The summed E-state index contributed by atoms with van der Waals surface area (Å²) in [6.45, 7) is 2.62. The minimum atomic E-state index is -0.598. The number of nitrogens with zero attached hydrogens (tertiary/aromatic N) is 4. The van der Waals surface area contributed by atoms with Crippen LogP contribution in [0.3, 0.4) is 0 Å². The van der Waals surface area contributed by atoms with Gasteiger partial charge >= 0.3 is 0 Å². The highest BCUT2D eigenvalue weighted by atomic mass is 16.6. The van der Waals surface area contributed by atoms with E-state index < -0.39 is 17.9 Å². The summed E-state index contributed by atoms with van der Waals surface area (Å²) in [5.74, 6) is 0.0628. The van der Waals surface area contributed by atoms with Gasteiger partial charge in [-0.1, -0.05) is 25.1 Å². The maximum absolute atomic E-state index is 12.5. The summed E-state index contributed by atoms with van der Waals surface area (Å²) in [7, 11) is 0. The quantitative estimate of drug-likeness (QED) is 0.621. The number of aliphatic hydroxyl groups excluding tert-OH is 1. The summed E-state index contributed by atoms with van der Waals surface area (Å²) in [5.41, 5.74) is 0.945. The van der Waals surface area contributed by atoms with Crippen LogP contribution in [0.1, 0.15) is 29.9 Å². The third kappa shape index (κ3) is 2.44.